The number of nitrogens with zero attached hydrogens (tertiary/aromatic N) is 2. The smallest absolute Gasteiger partial charge is 0.198 e. The standard InChI is InChI=1S/C12H23N3OS/c1-5-6-7-8-15(4)12-10(16-9(2)3)11(13)14-17-12/h9H,5-8H2,1-4H3,(H2,13,14). The van der Waals surface area contributed by atoms with Gasteiger partial charge < -0.3 is 15.4 Å². The fourth-order valence-corrected chi connectivity index (χ4v) is 2.31. The fourth-order valence-electron chi connectivity index (χ4n) is 1.57. The van der Waals surface area contributed by atoms with Crippen LogP contribution in [0.4, 0.5) is 10.8 Å². The highest BCUT2D eigenvalue weighted by Crippen LogP contribution is 2.38. The maximum absolute atomic E-state index is 5.83. The second-order valence-corrected chi connectivity index (χ2v) is 5.25. The van der Waals surface area contributed by atoms with E-state index in [2.05, 4.69) is 23.2 Å². The minimum atomic E-state index is 0.122. The average Bonchev–Trinajstić information content (AvgIpc) is 2.60. The van der Waals surface area contributed by atoms with E-state index in [1.165, 1.54) is 30.8 Å². The van der Waals surface area contributed by atoms with E-state index in [-0.39, 0.29) is 6.10 Å². The van der Waals surface area contributed by atoms with Crippen molar-refractivity contribution in [3.05, 3.63) is 0 Å². The molecule has 0 saturated carbocycles. The second kappa shape index (κ2) is 6.69. The van der Waals surface area contributed by atoms with Crippen LogP contribution in [0.25, 0.3) is 0 Å². The third kappa shape index (κ3) is 4.07. The molecular formula is C12H23N3OS. The molecule has 0 fully saturated rings. The molecule has 17 heavy (non-hydrogen) atoms. The summed E-state index contributed by atoms with van der Waals surface area (Å²) in [6, 6.07) is 0. The van der Waals surface area contributed by atoms with E-state index >= 15 is 0 Å². The SMILES string of the molecule is CCCCCN(C)c1snc(N)c1OC(C)C. The Kier molecular flexibility index (Phi) is 5.55. The molecule has 5 heteroatoms. The molecule has 1 aromatic heterocycles. The Balaban J connectivity index is 2.68. The van der Waals surface area contributed by atoms with Crippen molar-refractivity contribution in [2.24, 2.45) is 0 Å². The van der Waals surface area contributed by atoms with E-state index in [0.29, 0.717) is 5.82 Å². The van der Waals surface area contributed by atoms with Gasteiger partial charge in [0.2, 0.25) is 0 Å². The highest BCUT2D eigenvalue weighted by atomic mass is 32.1. The molecule has 0 aliphatic heterocycles. The number of anilines is 2. The number of nitrogen functional groups attached to an aromatic ring is 1. The molecule has 1 heterocycles. The minimum absolute atomic E-state index is 0.122. The number of hydrogen-bond donors (Lipinski definition) is 1. The fraction of sp³-hybridized carbons (Fsp3) is 0.750. The first kappa shape index (κ1) is 14.1. The number of unbranched alkanes of at least 4 members (excludes halogenated alkanes) is 2. The van der Waals surface area contributed by atoms with Gasteiger partial charge in [0.25, 0.3) is 0 Å². The summed E-state index contributed by atoms with van der Waals surface area (Å²) in [5.41, 5.74) is 5.83. The maximum atomic E-state index is 5.83. The molecule has 0 aliphatic rings. The molecule has 0 spiro atoms. The van der Waals surface area contributed by atoms with Crippen LogP contribution >= 0.6 is 11.5 Å². The Morgan fingerprint density at radius 2 is 2.12 bits per heavy atom. The lowest BCUT2D eigenvalue weighted by molar-refractivity contribution is 0.245. The van der Waals surface area contributed by atoms with Gasteiger partial charge in [-0.2, -0.15) is 4.37 Å². The molecule has 0 aliphatic carbocycles. The summed E-state index contributed by atoms with van der Waals surface area (Å²) >= 11 is 1.41. The largest absolute Gasteiger partial charge is 0.484 e. The van der Waals surface area contributed by atoms with Gasteiger partial charge in [-0.05, 0) is 31.8 Å². The Morgan fingerprint density at radius 3 is 2.71 bits per heavy atom. The third-order valence-corrected chi connectivity index (χ3v) is 3.41. The molecule has 0 bridgehead atoms. The van der Waals surface area contributed by atoms with Crippen LogP contribution < -0.4 is 15.4 Å². The summed E-state index contributed by atoms with van der Waals surface area (Å²) in [6.45, 7) is 7.22. The predicted octanol–water partition coefficient (Wildman–Crippen LogP) is 3.14. The normalized spacial score (nSPS) is 10.9. The van der Waals surface area contributed by atoms with E-state index in [4.69, 9.17) is 10.5 Å². The summed E-state index contributed by atoms with van der Waals surface area (Å²) < 4.78 is 9.90. The van der Waals surface area contributed by atoms with Gasteiger partial charge in [0.15, 0.2) is 16.6 Å². The van der Waals surface area contributed by atoms with Crippen molar-refractivity contribution >= 4 is 22.4 Å². The van der Waals surface area contributed by atoms with Gasteiger partial charge in [-0.1, -0.05) is 19.8 Å². The van der Waals surface area contributed by atoms with Crippen molar-refractivity contribution in [3.63, 3.8) is 0 Å². The Bertz CT molecular complexity index is 338. The van der Waals surface area contributed by atoms with Crippen LogP contribution in [-0.2, 0) is 0 Å². The van der Waals surface area contributed by atoms with Crippen LogP contribution in [-0.4, -0.2) is 24.1 Å². The van der Waals surface area contributed by atoms with Crippen molar-refractivity contribution in [1.82, 2.24) is 4.37 Å². The average molecular weight is 257 g/mol. The predicted molar refractivity (Wildman–Crippen MR) is 75.1 cm³/mol. The van der Waals surface area contributed by atoms with Crippen LogP contribution in [0.5, 0.6) is 5.75 Å². The van der Waals surface area contributed by atoms with E-state index in [1.807, 2.05) is 13.8 Å². The molecule has 0 unspecified atom stereocenters. The van der Waals surface area contributed by atoms with Crippen LogP contribution in [0.3, 0.4) is 0 Å². The van der Waals surface area contributed by atoms with Crippen molar-refractivity contribution in [2.45, 2.75) is 46.1 Å². The van der Waals surface area contributed by atoms with Crippen molar-refractivity contribution in [2.75, 3.05) is 24.2 Å². The number of rotatable bonds is 7. The van der Waals surface area contributed by atoms with Gasteiger partial charge in [-0.25, -0.2) is 0 Å². The summed E-state index contributed by atoms with van der Waals surface area (Å²) in [5, 5.41) is 1.03. The molecule has 0 atom stereocenters. The third-order valence-electron chi connectivity index (χ3n) is 2.45. The molecule has 0 aromatic carbocycles. The number of nitrogens with two attached hydrogens (primary N) is 1. The van der Waals surface area contributed by atoms with Gasteiger partial charge in [0.05, 0.1) is 6.10 Å². The van der Waals surface area contributed by atoms with Crippen LogP contribution in [0.15, 0.2) is 0 Å². The van der Waals surface area contributed by atoms with Gasteiger partial charge >= 0.3 is 0 Å². The molecule has 0 radical (unpaired) electrons. The number of aromatic nitrogens is 1. The molecule has 1 rings (SSSR count). The number of hydrogen-bond acceptors (Lipinski definition) is 5. The van der Waals surface area contributed by atoms with E-state index < -0.39 is 0 Å². The lowest BCUT2D eigenvalue weighted by Gasteiger charge is -2.19. The van der Waals surface area contributed by atoms with E-state index in [9.17, 15) is 0 Å². The molecule has 98 valence electrons. The zero-order chi connectivity index (χ0) is 12.8. The van der Waals surface area contributed by atoms with E-state index in [0.717, 1.165) is 17.3 Å². The summed E-state index contributed by atoms with van der Waals surface area (Å²) in [4.78, 5) is 2.18. The van der Waals surface area contributed by atoms with E-state index in [1.54, 1.807) is 0 Å². The Labute approximate surface area is 108 Å². The first-order valence-electron chi connectivity index (χ1n) is 6.19. The maximum Gasteiger partial charge on any atom is 0.198 e. The van der Waals surface area contributed by atoms with Crippen LogP contribution in [0.1, 0.15) is 40.0 Å². The van der Waals surface area contributed by atoms with Crippen molar-refractivity contribution < 1.29 is 4.74 Å². The summed E-state index contributed by atoms with van der Waals surface area (Å²) in [6.07, 6.45) is 3.79. The van der Waals surface area contributed by atoms with Crippen LogP contribution in [0, 0.1) is 0 Å². The number of ether oxygens (including phenoxy) is 1. The Hall–Kier alpha value is -0.970. The first-order chi connectivity index (χ1) is 8.06. The molecular weight excluding hydrogens is 234 g/mol. The van der Waals surface area contributed by atoms with Gasteiger partial charge in [-0.15, -0.1) is 0 Å². The molecule has 0 saturated heterocycles. The summed E-state index contributed by atoms with van der Waals surface area (Å²) in [5.74, 6) is 1.24. The first-order valence-corrected chi connectivity index (χ1v) is 6.96. The highest BCUT2D eigenvalue weighted by Gasteiger charge is 2.17. The van der Waals surface area contributed by atoms with Gasteiger partial charge in [0.1, 0.15) is 0 Å². The van der Waals surface area contributed by atoms with Gasteiger partial charge in [-0.3, -0.25) is 0 Å². The second-order valence-electron chi connectivity index (χ2n) is 4.50. The molecule has 1 aromatic rings. The quantitative estimate of drug-likeness (QED) is 0.762. The lowest BCUT2D eigenvalue weighted by Crippen LogP contribution is -2.19. The zero-order valence-corrected chi connectivity index (χ0v) is 12.0. The Morgan fingerprint density at radius 1 is 1.41 bits per heavy atom. The lowest BCUT2D eigenvalue weighted by atomic mass is 10.2. The highest BCUT2D eigenvalue weighted by molar-refractivity contribution is 7.11. The van der Waals surface area contributed by atoms with Crippen molar-refractivity contribution in [3.8, 4) is 5.75 Å². The van der Waals surface area contributed by atoms with Gasteiger partial charge in [0, 0.05) is 13.6 Å². The zero-order valence-electron chi connectivity index (χ0n) is 11.2. The van der Waals surface area contributed by atoms with Crippen molar-refractivity contribution in [1.29, 1.82) is 0 Å². The monoisotopic (exact) mass is 257 g/mol. The van der Waals surface area contributed by atoms with Crippen LogP contribution in [0.2, 0.25) is 0 Å². The molecule has 4 nitrogen and oxygen atoms in total. The minimum Gasteiger partial charge on any atom is -0.484 e. The topological polar surface area (TPSA) is 51.4 Å². The summed E-state index contributed by atoms with van der Waals surface area (Å²) in [7, 11) is 2.07. The molecule has 2 N–H and O–H groups in total. The molecule has 0 amide bonds.